The molecule has 8 heteroatoms. The van der Waals surface area contributed by atoms with E-state index in [1.54, 1.807) is 43.8 Å². The minimum atomic E-state index is -0.950. The zero-order valence-corrected chi connectivity index (χ0v) is 15.1. The molecule has 0 bridgehead atoms. The summed E-state index contributed by atoms with van der Waals surface area (Å²) in [5.74, 6) is -1.91. The number of esters is 1. The van der Waals surface area contributed by atoms with Gasteiger partial charge in [0.05, 0.1) is 12.5 Å². The Balaban J connectivity index is 2.06. The van der Waals surface area contributed by atoms with E-state index in [0.717, 1.165) is 10.9 Å². The van der Waals surface area contributed by atoms with Crippen LogP contribution < -0.4 is 5.32 Å². The minimum Gasteiger partial charge on any atom is -0.481 e. The Hall–Kier alpha value is -3.03. The summed E-state index contributed by atoms with van der Waals surface area (Å²) >= 11 is 0. The molecular weight excluding hydrogens is 338 g/mol. The highest BCUT2D eigenvalue weighted by Gasteiger charge is 2.17. The number of nitrogens with one attached hydrogen (secondary N) is 1. The second-order valence-electron chi connectivity index (χ2n) is 6.07. The van der Waals surface area contributed by atoms with E-state index < -0.39 is 11.9 Å². The smallest absolute Gasteiger partial charge is 0.325 e. The number of urea groups is 1. The van der Waals surface area contributed by atoms with Crippen LogP contribution >= 0.6 is 0 Å². The topological polar surface area (TPSA) is 101 Å². The number of hydrogen-bond donors (Lipinski definition) is 2. The molecule has 0 radical (unpaired) electrons. The average Bonchev–Trinajstić information content (AvgIpc) is 2.96. The van der Waals surface area contributed by atoms with E-state index in [9.17, 15) is 14.4 Å². The predicted molar refractivity (Wildman–Crippen MR) is 97.0 cm³/mol. The number of nitrogens with zero attached hydrogens (tertiary/aromatic N) is 2. The first-order valence-electron chi connectivity index (χ1n) is 8.31. The highest BCUT2D eigenvalue weighted by atomic mass is 16.5. The Labute approximate surface area is 151 Å². The summed E-state index contributed by atoms with van der Waals surface area (Å²) in [7, 11) is 1.54. The molecule has 0 aliphatic carbocycles. The van der Waals surface area contributed by atoms with Crippen LogP contribution in [-0.2, 0) is 20.9 Å². The molecule has 0 saturated carbocycles. The first-order valence-corrected chi connectivity index (χ1v) is 8.31. The van der Waals surface area contributed by atoms with Gasteiger partial charge >= 0.3 is 18.0 Å². The molecule has 0 aliphatic rings. The van der Waals surface area contributed by atoms with E-state index in [1.807, 2.05) is 12.1 Å². The van der Waals surface area contributed by atoms with Gasteiger partial charge in [-0.3, -0.25) is 9.59 Å². The molecule has 1 heterocycles. The van der Waals surface area contributed by atoms with Crippen molar-refractivity contribution in [2.75, 3.05) is 25.5 Å². The van der Waals surface area contributed by atoms with Crippen LogP contribution in [0.2, 0.25) is 0 Å². The van der Waals surface area contributed by atoms with Crippen molar-refractivity contribution in [3.8, 4) is 0 Å². The van der Waals surface area contributed by atoms with Crippen molar-refractivity contribution < 1.29 is 24.2 Å². The predicted octanol–water partition coefficient (Wildman–Crippen LogP) is 2.39. The fourth-order valence-corrected chi connectivity index (χ4v) is 2.55. The number of amides is 2. The van der Waals surface area contributed by atoms with Gasteiger partial charge in [-0.05, 0) is 31.2 Å². The van der Waals surface area contributed by atoms with Crippen molar-refractivity contribution in [1.29, 1.82) is 0 Å². The minimum absolute atomic E-state index is 0.110. The van der Waals surface area contributed by atoms with Crippen molar-refractivity contribution in [1.82, 2.24) is 9.47 Å². The van der Waals surface area contributed by atoms with Crippen LogP contribution in [0.4, 0.5) is 10.5 Å². The SMILES string of the molecule is CCOC(=O)Cn1ccc2cc(NC(=O)N(C)CC(C)C(=O)O)ccc21. The molecular formula is C18H23N3O5. The number of carboxylic acid groups (broad SMARTS) is 1. The third-order valence-corrected chi connectivity index (χ3v) is 3.94. The number of hydrogen-bond acceptors (Lipinski definition) is 4. The molecule has 26 heavy (non-hydrogen) atoms. The molecule has 1 aromatic carbocycles. The Morgan fingerprint density at radius 1 is 1.31 bits per heavy atom. The lowest BCUT2D eigenvalue weighted by atomic mass is 10.2. The van der Waals surface area contributed by atoms with E-state index >= 15 is 0 Å². The van der Waals surface area contributed by atoms with Gasteiger partial charge in [0.25, 0.3) is 0 Å². The lowest BCUT2D eigenvalue weighted by Gasteiger charge is -2.20. The lowest BCUT2D eigenvalue weighted by Crippen LogP contribution is -2.36. The van der Waals surface area contributed by atoms with Crippen molar-refractivity contribution in [2.24, 2.45) is 5.92 Å². The van der Waals surface area contributed by atoms with Crippen LogP contribution in [0.25, 0.3) is 10.9 Å². The Morgan fingerprint density at radius 3 is 2.69 bits per heavy atom. The number of benzene rings is 1. The molecule has 8 nitrogen and oxygen atoms in total. The normalized spacial score (nSPS) is 11.8. The van der Waals surface area contributed by atoms with Crippen molar-refractivity contribution >= 4 is 34.6 Å². The summed E-state index contributed by atoms with van der Waals surface area (Å²) < 4.78 is 6.73. The first-order chi connectivity index (χ1) is 12.3. The summed E-state index contributed by atoms with van der Waals surface area (Å²) in [5, 5.41) is 12.5. The number of carbonyl (C=O) groups is 3. The molecule has 0 saturated heterocycles. The van der Waals surface area contributed by atoms with E-state index in [-0.39, 0.29) is 25.1 Å². The van der Waals surface area contributed by atoms with E-state index in [1.165, 1.54) is 4.90 Å². The van der Waals surface area contributed by atoms with Gasteiger partial charge in [0, 0.05) is 36.4 Å². The summed E-state index contributed by atoms with van der Waals surface area (Å²) in [6, 6.07) is 6.80. The molecule has 1 unspecified atom stereocenters. The summed E-state index contributed by atoms with van der Waals surface area (Å²) in [4.78, 5) is 36.0. The number of aliphatic carboxylic acids is 1. The van der Waals surface area contributed by atoms with Gasteiger partial charge in [-0.1, -0.05) is 6.92 Å². The molecule has 2 aromatic rings. The Kier molecular flexibility index (Phi) is 6.21. The van der Waals surface area contributed by atoms with Gasteiger partial charge in [-0.2, -0.15) is 0 Å². The zero-order valence-electron chi connectivity index (χ0n) is 15.1. The van der Waals surface area contributed by atoms with E-state index in [4.69, 9.17) is 9.84 Å². The van der Waals surface area contributed by atoms with Crippen LogP contribution in [-0.4, -0.2) is 52.7 Å². The summed E-state index contributed by atoms with van der Waals surface area (Å²) in [6.07, 6.45) is 1.79. The van der Waals surface area contributed by atoms with Crippen molar-refractivity contribution in [3.63, 3.8) is 0 Å². The zero-order chi connectivity index (χ0) is 19.3. The fourth-order valence-electron chi connectivity index (χ4n) is 2.55. The summed E-state index contributed by atoms with van der Waals surface area (Å²) in [6.45, 7) is 3.87. The van der Waals surface area contributed by atoms with Crippen LogP contribution in [0.3, 0.4) is 0 Å². The number of fused-ring (bicyclic) bond motifs is 1. The van der Waals surface area contributed by atoms with E-state index in [0.29, 0.717) is 12.3 Å². The molecule has 2 rings (SSSR count). The van der Waals surface area contributed by atoms with Crippen molar-refractivity contribution in [3.05, 3.63) is 30.5 Å². The number of rotatable bonds is 7. The first kappa shape index (κ1) is 19.3. The maximum Gasteiger partial charge on any atom is 0.325 e. The second-order valence-corrected chi connectivity index (χ2v) is 6.07. The van der Waals surface area contributed by atoms with Gasteiger partial charge in [0.1, 0.15) is 6.54 Å². The van der Waals surface area contributed by atoms with E-state index in [2.05, 4.69) is 5.32 Å². The van der Waals surface area contributed by atoms with Gasteiger partial charge in [-0.15, -0.1) is 0 Å². The number of aromatic nitrogens is 1. The van der Waals surface area contributed by atoms with Crippen molar-refractivity contribution in [2.45, 2.75) is 20.4 Å². The molecule has 1 aromatic heterocycles. The third-order valence-electron chi connectivity index (χ3n) is 3.94. The Bertz CT molecular complexity index is 814. The molecule has 140 valence electrons. The molecule has 0 aliphatic heterocycles. The molecule has 0 spiro atoms. The third kappa shape index (κ3) is 4.75. The van der Waals surface area contributed by atoms with Gasteiger partial charge in [-0.25, -0.2) is 4.79 Å². The second kappa shape index (κ2) is 8.37. The number of ether oxygens (including phenoxy) is 1. The van der Waals surface area contributed by atoms with Crippen LogP contribution in [0.15, 0.2) is 30.5 Å². The average molecular weight is 361 g/mol. The fraction of sp³-hybridized carbons (Fsp3) is 0.389. The maximum absolute atomic E-state index is 12.2. The largest absolute Gasteiger partial charge is 0.481 e. The monoisotopic (exact) mass is 361 g/mol. The molecule has 2 amide bonds. The maximum atomic E-state index is 12.2. The van der Waals surface area contributed by atoms with Crippen LogP contribution in [0, 0.1) is 5.92 Å². The lowest BCUT2D eigenvalue weighted by molar-refractivity contribution is -0.144. The standard InChI is InChI=1S/C18H23N3O5/c1-4-26-16(22)11-21-8-7-13-9-14(5-6-15(13)21)19-18(25)20(3)10-12(2)17(23)24/h5-9,12H,4,10-11H2,1-3H3,(H,19,25)(H,23,24). The number of anilines is 1. The van der Waals surface area contributed by atoms with Crippen LogP contribution in [0.1, 0.15) is 13.8 Å². The number of carbonyl (C=O) groups excluding carboxylic acids is 2. The van der Waals surface area contributed by atoms with Gasteiger partial charge < -0.3 is 24.6 Å². The van der Waals surface area contributed by atoms with Gasteiger partial charge in [0.2, 0.25) is 0 Å². The van der Waals surface area contributed by atoms with Crippen LogP contribution in [0.5, 0.6) is 0 Å². The number of carboxylic acids is 1. The molecule has 0 fully saturated rings. The highest BCUT2D eigenvalue weighted by molar-refractivity contribution is 5.93. The molecule has 1 atom stereocenters. The van der Waals surface area contributed by atoms with Gasteiger partial charge in [0.15, 0.2) is 0 Å². The Morgan fingerprint density at radius 2 is 2.04 bits per heavy atom. The molecule has 2 N–H and O–H groups in total. The quantitative estimate of drug-likeness (QED) is 0.738. The highest BCUT2D eigenvalue weighted by Crippen LogP contribution is 2.21. The summed E-state index contributed by atoms with van der Waals surface area (Å²) in [5.41, 5.74) is 1.44.